The first-order valence-corrected chi connectivity index (χ1v) is 5.72. The van der Waals surface area contributed by atoms with E-state index in [4.69, 9.17) is 0 Å². The van der Waals surface area contributed by atoms with E-state index in [0.717, 1.165) is 22.1 Å². The minimum atomic E-state index is 0.278. The number of nitrogens with zero attached hydrogens (tertiary/aromatic N) is 2. The lowest BCUT2D eigenvalue weighted by atomic mass is 10.2. The van der Waals surface area contributed by atoms with Crippen LogP contribution in [0.4, 0.5) is 0 Å². The van der Waals surface area contributed by atoms with Crippen LogP contribution >= 0.6 is 15.9 Å². The van der Waals surface area contributed by atoms with E-state index in [2.05, 4.69) is 34.9 Å². The lowest BCUT2D eigenvalue weighted by Gasteiger charge is -2.06. The number of rotatable bonds is 2. The Morgan fingerprint density at radius 2 is 2.20 bits per heavy atom. The van der Waals surface area contributed by atoms with Crippen LogP contribution in [0.1, 0.15) is 13.8 Å². The topological polar surface area (TPSA) is 38.0 Å². The molecule has 0 spiro atoms. The van der Waals surface area contributed by atoms with Crippen LogP contribution in [0.3, 0.4) is 0 Å². The number of benzene rings is 1. The van der Waals surface area contributed by atoms with E-state index in [1.165, 1.54) is 0 Å². The van der Waals surface area contributed by atoms with Crippen LogP contribution in [0.15, 0.2) is 22.8 Å². The Morgan fingerprint density at radius 1 is 1.47 bits per heavy atom. The number of halogens is 1. The smallest absolute Gasteiger partial charge is 0.136 e. The fourth-order valence-corrected chi connectivity index (χ4v) is 2.13. The van der Waals surface area contributed by atoms with Crippen molar-refractivity contribution >= 4 is 26.8 Å². The molecule has 0 fully saturated rings. The third-order valence-electron chi connectivity index (χ3n) is 2.23. The predicted octanol–water partition coefficient (Wildman–Crippen LogP) is 3.16. The molecule has 2 aromatic rings. The van der Waals surface area contributed by atoms with E-state index < -0.39 is 0 Å². The summed E-state index contributed by atoms with van der Waals surface area (Å²) in [6.07, 6.45) is 0. The van der Waals surface area contributed by atoms with Gasteiger partial charge in [-0.05, 0) is 34.0 Å². The van der Waals surface area contributed by atoms with Crippen molar-refractivity contribution in [2.24, 2.45) is 5.92 Å². The van der Waals surface area contributed by atoms with Gasteiger partial charge in [-0.15, -0.1) is 0 Å². The summed E-state index contributed by atoms with van der Waals surface area (Å²) < 4.78 is 2.75. The van der Waals surface area contributed by atoms with E-state index in [-0.39, 0.29) is 5.75 Å². The molecule has 2 rings (SSSR count). The normalized spacial score (nSPS) is 11.5. The second kappa shape index (κ2) is 3.85. The fourth-order valence-electron chi connectivity index (χ4n) is 1.61. The van der Waals surface area contributed by atoms with Crippen molar-refractivity contribution < 1.29 is 5.11 Å². The van der Waals surface area contributed by atoms with Crippen LogP contribution in [0, 0.1) is 5.92 Å². The molecular formula is C11H13BrN2O. The molecule has 0 bridgehead atoms. The molecule has 4 heteroatoms. The van der Waals surface area contributed by atoms with Gasteiger partial charge in [0.05, 0.1) is 5.52 Å². The second-order valence-corrected chi connectivity index (χ2v) is 4.82. The van der Waals surface area contributed by atoms with Gasteiger partial charge in [0.2, 0.25) is 0 Å². The SMILES string of the molecule is CC(C)Cn1nc(Br)c2ccc(O)cc21. The lowest BCUT2D eigenvalue weighted by molar-refractivity contribution is 0.472. The Kier molecular flexibility index (Phi) is 2.69. The van der Waals surface area contributed by atoms with Gasteiger partial charge in [0.1, 0.15) is 10.4 Å². The zero-order valence-corrected chi connectivity index (χ0v) is 10.3. The molecular weight excluding hydrogens is 256 g/mol. The largest absolute Gasteiger partial charge is 0.508 e. The highest BCUT2D eigenvalue weighted by Crippen LogP contribution is 2.26. The van der Waals surface area contributed by atoms with E-state index in [0.29, 0.717) is 5.92 Å². The number of aromatic hydroxyl groups is 1. The molecule has 80 valence electrons. The molecule has 0 saturated carbocycles. The van der Waals surface area contributed by atoms with Gasteiger partial charge in [0.25, 0.3) is 0 Å². The summed E-state index contributed by atoms with van der Waals surface area (Å²) in [4.78, 5) is 0. The van der Waals surface area contributed by atoms with Gasteiger partial charge < -0.3 is 5.11 Å². The first-order valence-electron chi connectivity index (χ1n) is 4.93. The van der Waals surface area contributed by atoms with Crippen LogP contribution in [-0.2, 0) is 6.54 Å². The maximum Gasteiger partial charge on any atom is 0.136 e. The third-order valence-corrected chi connectivity index (χ3v) is 2.81. The molecule has 0 unspecified atom stereocenters. The summed E-state index contributed by atoms with van der Waals surface area (Å²) in [5.41, 5.74) is 0.968. The molecule has 3 nitrogen and oxygen atoms in total. The standard InChI is InChI=1S/C11H13BrN2O/c1-7(2)6-14-10-5-8(15)3-4-9(10)11(12)13-14/h3-5,7,15H,6H2,1-2H3. The fraction of sp³-hybridized carbons (Fsp3) is 0.364. The third kappa shape index (κ3) is 2.00. The van der Waals surface area contributed by atoms with E-state index >= 15 is 0 Å². The van der Waals surface area contributed by atoms with Crippen molar-refractivity contribution in [1.29, 1.82) is 0 Å². The summed E-state index contributed by atoms with van der Waals surface area (Å²) >= 11 is 3.42. The van der Waals surface area contributed by atoms with Crippen LogP contribution in [0.2, 0.25) is 0 Å². The summed E-state index contributed by atoms with van der Waals surface area (Å²) in [7, 11) is 0. The van der Waals surface area contributed by atoms with Gasteiger partial charge in [-0.3, -0.25) is 4.68 Å². The Morgan fingerprint density at radius 3 is 2.87 bits per heavy atom. The first kappa shape index (κ1) is 10.5. The Balaban J connectivity index is 2.59. The lowest BCUT2D eigenvalue weighted by Crippen LogP contribution is -2.05. The number of hydrogen-bond donors (Lipinski definition) is 1. The maximum atomic E-state index is 9.44. The van der Waals surface area contributed by atoms with Crippen molar-refractivity contribution in [1.82, 2.24) is 9.78 Å². The maximum absolute atomic E-state index is 9.44. The van der Waals surface area contributed by atoms with Gasteiger partial charge in [-0.1, -0.05) is 13.8 Å². The molecule has 1 aromatic heterocycles. The Bertz CT molecular complexity index is 491. The average molecular weight is 269 g/mol. The average Bonchev–Trinajstić information content (AvgIpc) is 2.42. The molecule has 0 saturated heterocycles. The summed E-state index contributed by atoms with van der Waals surface area (Å²) in [6.45, 7) is 5.14. The molecule has 0 atom stereocenters. The molecule has 1 N–H and O–H groups in total. The molecule has 0 aliphatic heterocycles. The second-order valence-electron chi connectivity index (χ2n) is 4.07. The van der Waals surface area contributed by atoms with Gasteiger partial charge in [0, 0.05) is 18.0 Å². The first-order chi connectivity index (χ1) is 7.08. The van der Waals surface area contributed by atoms with Gasteiger partial charge in [0.15, 0.2) is 0 Å². The van der Waals surface area contributed by atoms with E-state index in [1.54, 1.807) is 12.1 Å². The van der Waals surface area contributed by atoms with Gasteiger partial charge in [-0.2, -0.15) is 5.10 Å². The van der Waals surface area contributed by atoms with Crippen molar-refractivity contribution in [2.45, 2.75) is 20.4 Å². The molecule has 15 heavy (non-hydrogen) atoms. The Labute approximate surface area is 96.8 Å². The van der Waals surface area contributed by atoms with E-state index in [9.17, 15) is 5.11 Å². The minimum Gasteiger partial charge on any atom is -0.508 e. The highest BCUT2D eigenvalue weighted by Gasteiger charge is 2.09. The summed E-state index contributed by atoms with van der Waals surface area (Å²) in [5, 5.41) is 14.9. The zero-order valence-electron chi connectivity index (χ0n) is 8.74. The predicted molar refractivity (Wildman–Crippen MR) is 63.9 cm³/mol. The van der Waals surface area contributed by atoms with Crippen LogP contribution in [0.25, 0.3) is 10.9 Å². The summed E-state index contributed by atoms with van der Waals surface area (Å²) in [6, 6.07) is 5.29. The van der Waals surface area contributed by atoms with Gasteiger partial charge in [-0.25, -0.2) is 0 Å². The highest BCUT2D eigenvalue weighted by molar-refractivity contribution is 9.10. The number of hydrogen-bond acceptors (Lipinski definition) is 2. The van der Waals surface area contributed by atoms with E-state index in [1.807, 2.05) is 10.7 Å². The van der Waals surface area contributed by atoms with Crippen molar-refractivity contribution in [3.05, 3.63) is 22.8 Å². The number of phenolic OH excluding ortho intramolecular Hbond substituents is 1. The highest BCUT2D eigenvalue weighted by atomic mass is 79.9. The molecule has 1 aromatic carbocycles. The van der Waals surface area contributed by atoms with Crippen LogP contribution < -0.4 is 0 Å². The Hall–Kier alpha value is -1.03. The molecule has 1 heterocycles. The number of aromatic nitrogens is 2. The summed E-state index contributed by atoms with van der Waals surface area (Å²) in [5.74, 6) is 0.808. The zero-order chi connectivity index (χ0) is 11.0. The van der Waals surface area contributed by atoms with Crippen molar-refractivity contribution in [3.8, 4) is 5.75 Å². The van der Waals surface area contributed by atoms with Crippen molar-refractivity contribution in [3.63, 3.8) is 0 Å². The number of phenols is 1. The molecule has 0 aliphatic rings. The van der Waals surface area contributed by atoms with Gasteiger partial charge >= 0.3 is 0 Å². The quantitative estimate of drug-likeness (QED) is 0.909. The molecule has 0 aliphatic carbocycles. The number of fused-ring (bicyclic) bond motifs is 1. The van der Waals surface area contributed by atoms with Crippen molar-refractivity contribution in [2.75, 3.05) is 0 Å². The molecule has 0 radical (unpaired) electrons. The monoisotopic (exact) mass is 268 g/mol. The minimum absolute atomic E-state index is 0.278. The van der Waals surface area contributed by atoms with Crippen LogP contribution in [-0.4, -0.2) is 14.9 Å². The van der Waals surface area contributed by atoms with Crippen LogP contribution in [0.5, 0.6) is 5.75 Å². The molecule has 0 amide bonds.